The highest BCUT2D eigenvalue weighted by Crippen LogP contribution is 2.17. The standard InChI is InChI=1S/C10H6FNO/c11-9-4-3-7(6-13)8-2-1-5-12-10(8)9/h1-6H. The van der Waals surface area contributed by atoms with E-state index in [-0.39, 0.29) is 5.52 Å². The Balaban J connectivity index is 2.92. The minimum absolute atomic E-state index is 0.243. The molecule has 0 unspecified atom stereocenters. The zero-order valence-corrected chi connectivity index (χ0v) is 6.70. The third-order valence-corrected chi connectivity index (χ3v) is 1.88. The molecule has 0 saturated carbocycles. The van der Waals surface area contributed by atoms with E-state index in [1.54, 1.807) is 12.1 Å². The number of benzene rings is 1. The highest BCUT2D eigenvalue weighted by atomic mass is 19.1. The van der Waals surface area contributed by atoms with Crippen LogP contribution in [-0.4, -0.2) is 11.3 Å². The Labute approximate surface area is 74.0 Å². The Bertz CT molecular complexity index is 467. The fourth-order valence-electron chi connectivity index (χ4n) is 1.26. The van der Waals surface area contributed by atoms with Crippen LogP contribution in [0.15, 0.2) is 30.5 Å². The lowest BCUT2D eigenvalue weighted by atomic mass is 10.1. The fourth-order valence-corrected chi connectivity index (χ4v) is 1.26. The van der Waals surface area contributed by atoms with Gasteiger partial charge in [-0.2, -0.15) is 0 Å². The minimum atomic E-state index is -0.402. The van der Waals surface area contributed by atoms with Crippen molar-refractivity contribution in [1.29, 1.82) is 0 Å². The van der Waals surface area contributed by atoms with Crippen LogP contribution >= 0.6 is 0 Å². The van der Waals surface area contributed by atoms with E-state index in [0.29, 0.717) is 17.2 Å². The van der Waals surface area contributed by atoms with E-state index in [2.05, 4.69) is 4.98 Å². The zero-order chi connectivity index (χ0) is 9.26. The summed E-state index contributed by atoms with van der Waals surface area (Å²) >= 11 is 0. The van der Waals surface area contributed by atoms with Crippen molar-refractivity contribution < 1.29 is 9.18 Å². The number of halogens is 1. The van der Waals surface area contributed by atoms with Crippen molar-refractivity contribution >= 4 is 17.2 Å². The molecule has 2 rings (SSSR count). The van der Waals surface area contributed by atoms with Crippen LogP contribution in [0.5, 0.6) is 0 Å². The molecule has 0 radical (unpaired) electrons. The van der Waals surface area contributed by atoms with Gasteiger partial charge in [-0.1, -0.05) is 6.07 Å². The van der Waals surface area contributed by atoms with E-state index in [4.69, 9.17) is 0 Å². The van der Waals surface area contributed by atoms with Gasteiger partial charge >= 0.3 is 0 Å². The predicted octanol–water partition coefficient (Wildman–Crippen LogP) is 2.19. The molecule has 0 bridgehead atoms. The van der Waals surface area contributed by atoms with E-state index in [1.807, 2.05) is 0 Å². The smallest absolute Gasteiger partial charge is 0.150 e. The lowest BCUT2D eigenvalue weighted by molar-refractivity contribution is 0.112. The monoisotopic (exact) mass is 175 g/mol. The van der Waals surface area contributed by atoms with Crippen LogP contribution in [0.2, 0.25) is 0 Å². The molecule has 1 aromatic carbocycles. The molecule has 0 N–H and O–H groups in total. The second-order valence-electron chi connectivity index (χ2n) is 2.65. The molecular weight excluding hydrogens is 169 g/mol. The number of fused-ring (bicyclic) bond motifs is 1. The van der Waals surface area contributed by atoms with Crippen molar-refractivity contribution in [3.63, 3.8) is 0 Å². The molecule has 3 heteroatoms. The number of pyridine rings is 1. The summed E-state index contributed by atoms with van der Waals surface area (Å²) in [5, 5.41) is 0.553. The normalized spacial score (nSPS) is 10.2. The first kappa shape index (κ1) is 7.86. The van der Waals surface area contributed by atoms with Crippen LogP contribution in [0.25, 0.3) is 10.9 Å². The molecule has 13 heavy (non-hydrogen) atoms. The van der Waals surface area contributed by atoms with Gasteiger partial charge in [-0.25, -0.2) is 4.39 Å². The van der Waals surface area contributed by atoms with E-state index in [9.17, 15) is 9.18 Å². The molecule has 2 aromatic rings. The van der Waals surface area contributed by atoms with Gasteiger partial charge in [-0.05, 0) is 18.2 Å². The van der Waals surface area contributed by atoms with E-state index < -0.39 is 5.82 Å². The largest absolute Gasteiger partial charge is 0.298 e. The Morgan fingerprint density at radius 1 is 1.31 bits per heavy atom. The number of aromatic nitrogens is 1. The van der Waals surface area contributed by atoms with Crippen molar-refractivity contribution in [2.24, 2.45) is 0 Å². The molecule has 0 amide bonds. The number of nitrogens with zero attached hydrogens (tertiary/aromatic N) is 1. The lowest BCUT2D eigenvalue weighted by Gasteiger charge is -1.99. The summed E-state index contributed by atoms with van der Waals surface area (Å²) in [4.78, 5) is 14.4. The summed E-state index contributed by atoms with van der Waals surface area (Å²) in [5.74, 6) is -0.402. The van der Waals surface area contributed by atoms with Gasteiger partial charge in [0.25, 0.3) is 0 Å². The highest BCUT2D eigenvalue weighted by molar-refractivity contribution is 5.96. The Morgan fingerprint density at radius 2 is 2.15 bits per heavy atom. The van der Waals surface area contributed by atoms with Crippen LogP contribution in [0.3, 0.4) is 0 Å². The molecule has 0 atom stereocenters. The SMILES string of the molecule is O=Cc1ccc(F)c2ncccc12. The number of carbonyl (C=O) groups is 1. The molecule has 0 fully saturated rings. The van der Waals surface area contributed by atoms with Gasteiger partial charge in [-0.3, -0.25) is 9.78 Å². The Morgan fingerprint density at radius 3 is 2.92 bits per heavy atom. The average molecular weight is 175 g/mol. The summed E-state index contributed by atoms with van der Waals surface area (Å²) < 4.78 is 13.1. The summed E-state index contributed by atoms with van der Waals surface area (Å²) in [5.41, 5.74) is 0.705. The Kier molecular flexibility index (Phi) is 1.77. The molecule has 0 aliphatic rings. The van der Waals surface area contributed by atoms with Crippen LogP contribution in [-0.2, 0) is 0 Å². The van der Waals surface area contributed by atoms with Crippen LogP contribution < -0.4 is 0 Å². The van der Waals surface area contributed by atoms with Gasteiger partial charge in [0.1, 0.15) is 11.3 Å². The first-order valence-electron chi connectivity index (χ1n) is 3.81. The van der Waals surface area contributed by atoms with Crippen LogP contribution in [0.1, 0.15) is 10.4 Å². The van der Waals surface area contributed by atoms with Crippen molar-refractivity contribution in [2.45, 2.75) is 0 Å². The van der Waals surface area contributed by atoms with Gasteiger partial charge in [-0.15, -0.1) is 0 Å². The molecule has 0 aliphatic carbocycles. The maximum Gasteiger partial charge on any atom is 0.150 e. The van der Waals surface area contributed by atoms with Gasteiger partial charge in [0, 0.05) is 17.1 Å². The maximum absolute atomic E-state index is 13.1. The van der Waals surface area contributed by atoms with Crippen LogP contribution in [0, 0.1) is 5.82 Å². The molecule has 1 aromatic heterocycles. The topological polar surface area (TPSA) is 30.0 Å². The number of carbonyl (C=O) groups excluding carboxylic acids is 1. The van der Waals surface area contributed by atoms with Gasteiger partial charge in [0.2, 0.25) is 0 Å². The summed E-state index contributed by atoms with van der Waals surface area (Å²) in [7, 11) is 0. The van der Waals surface area contributed by atoms with Crippen molar-refractivity contribution in [3.05, 3.63) is 41.8 Å². The summed E-state index contributed by atoms with van der Waals surface area (Å²) in [6, 6.07) is 6.05. The quantitative estimate of drug-likeness (QED) is 0.622. The number of rotatable bonds is 1. The van der Waals surface area contributed by atoms with E-state index >= 15 is 0 Å². The fraction of sp³-hybridized carbons (Fsp3) is 0. The number of hydrogen-bond acceptors (Lipinski definition) is 2. The van der Waals surface area contributed by atoms with E-state index in [0.717, 1.165) is 0 Å². The van der Waals surface area contributed by atoms with Gasteiger partial charge < -0.3 is 0 Å². The lowest BCUT2D eigenvalue weighted by Crippen LogP contribution is -1.88. The molecule has 1 heterocycles. The van der Waals surface area contributed by atoms with E-state index in [1.165, 1.54) is 18.3 Å². The second kappa shape index (κ2) is 2.94. The van der Waals surface area contributed by atoms with Crippen molar-refractivity contribution in [3.8, 4) is 0 Å². The average Bonchev–Trinajstić information content (AvgIpc) is 2.19. The third kappa shape index (κ3) is 1.18. The first-order chi connectivity index (χ1) is 6.33. The number of hydrogen-bond donors (Lipinski definition) is 0. The molecule has 0 spiro atoms. The minimum Gasteiger partial charge on any atom is -0.298 e. The zero-order valence-electron chi connectivity index (χ0n) is 6.70. The second-order valence-corrected chi connectivity index (χ2v) is 2.65. The molecule has 2 nitrogen and oxygen atoms in total. The summed E-state index contributed by atoms with van der Waals surface area (Å²) in [6.07, 6.45) is 2.20. The first-order valence-corrected chi connectivity index (χ1v) is 3.81. The molecule has 0 aliphatic heterocycles. The molecule has 64 valence electrons. The van der Waals surface area contributed by atoms with Crippen LogP contribution in [0.4, 0.5) is 4.39 Å². The van der Waals surface area contributed by atoms with Crippen molar-refractivity contribution in [2.75, 3.05) is 0 Å². The molecule has 0 saturated heterocycles. The van der Waals surface area contributed by atoms with Gasteiger partial charge in [0.05, 0.1) is 0 Å². The Hall–Kier alpha value is -1.77. The van der Waals surface area contributed by atoms with Gasteiger partial charge in [0.15, 0.2) is 6.29 Å². The highest BCUT2D eigenvalue weighted by Gasteiger charge is 2.04. The molecular formula is C10H6FNO. The third-order valence-electron chi connectivity index (χ3n) is 1.88. The van der Waals surface area contributed by atoms with Crippen molar-refractivity contribution in [1.82, 2.24) is 4.98 Å². The predicted molar refractivity (Wildman–Crippen MR) is 47.1 cm³/mol. The maximum atomic E-state index is 13.1. The summed E-state index contributed by atoms with van der Waals surface area (Å²) in [6.45, 7) is 0. The number of aldehydes is 1.